The normalized spacial score (nSPS) is 16.1. The monoisotopic (exact) mass is 459 g/mol. The van der Waals surface area contributed by atoms with Gasteiger partial charge in [0.05, 0.1) is 12.5 Å². The zero-order valence-corrected chi connectivity index (χ0v) is 16.2. The summed E-state index contributed by atoms with van der Waals surface area (Å²) >= 11 is 2.15. The molecule has 0 bridgehead atoms. The summed E-state index contributed by atoms with van der Waals surface area (Å²) in [5, 5.41) is 23.9. The fourth-order valence-electron chi connectivity index (χ4n) is 2.06. The number of hydrazine groups is 1. The van der Waals surface area contributed by atoms with Gasteiger partial charge >= 0.3 is 0 Å². The third-order valence-corrected chi connectivity index (χ3v) is 4.35. The molecule has 0 aromatic heterocycles. The van der Waals surface area contributed by atoms with Crippen LogP contribution < -0.4 is 27.6 Å². The lowest BCUT2D eigenvalue weighted by atomic mass is 10.1. The van der Waals surface area contributed by atoms with Gasteiger partial charge in [-0.15, -0.1) is 0 Å². The molecule has 0 fully saturated rings. The van der Waals surface area contributed by atoms with E-state index in [0.717, 1.165) is 0 Å². The Labute approximate surface area is 156 Å². The molecule has 9 nitrogen and oxygen atoms in total. The molecular weight excluding hydrogens is 429 g/mol. The standard InChI is InChI=1S/C14H30IN5O4/c1-9(21)7-13(23)20-11(3-2-6-18-17)14(24)19-10(8-15)4-5-12(16)22/h9-12,18,21-22H,2-8,16-17H2,1H3,(H,19,24)(H,20,23)/t9-,10-,11+,12?/m1/s1. The number of nitrogens with two attached hydrogens (primary N) is 2. The zero-order valence-electron chi connectivity index (χ0n) is 14.0. The first-order chi connectivity index (χ1) is 11.3. The van der Waals surface area contributed by atoms with Crippen LogP contribution in [0.4, 0.5) is 0 Å². The van der Waals surface area contributed by atoms with E-state index in [1.165, 1.54) is 6.92 Å². The van der Waals surface area contributed by atoms with Crippen LogP contribution in [-0.4, -0.2) is 57.4 Å². The van der Waals surface area contributed by atoms with E-state index in [2.05, 4.69) is 38.7 Å². The van der Waals surface area contributed by atoms with Crippen molar-refractivity contribution in [2.24, 2.45) is 11.6 Å². The van der Waals surface area contributed by atoms with Crippen molar-refractivity contribution in [2.45, 2.75) is 63.4 Å². The van der Waals surface area contributed by atoms with Crippen LogP contribution in [0.25, 0.3) is 0 Å². The summed E-state index contributed by atoms with van der Waals surface area (Å²) in [7, 11) is 0. The van der Waals surface area contributed by atoms with Gasteiger partial charge in [0.2, 0.25) is 11.8 Å². The second-order valence-corrected chi connectivity index (χ2v) is 6.65. The highest BCUT2D eigenvalue weighted by atomic mass is 127. The molecule has 0 saturated heterocycles. The van der Waals surface area contributed by atoms with Crippen LogP contribution in [0.3, 0.4) is 0 Å². The summed E-state index contributed by atoms with van der Waals surface area (Å²) in [6.07, 6.45) is 0.218. The number of hydrogen-bond donors (Lipinski definition) is 7. The maximum absolute atomic E-state index is 12.4. The second kappa shape index (κ2) is 13.7. The van der Waals surface area contributed by atoms with Gasteiger partial charge in [-0.3, -0.25) is 20.9 Å². The average Bonchev–Trinajstić information content (AvgIpc) is 2.49. The smallest absolute Gasteiger partial charge is 0.242 e. The molecule has 24 heavy (non-hydrogen) atoms. The van der Waals surface area contributed by atoms with E-state index in [9.17, 15) is 14.7 Å². The molecule has 0 rings (SSSR count). The van der Waals surface area contributed by atoms with E-state index in [1.807, 2.05) is 0 Å². The molecule has 0 aromatic rings. The molecule has 2 amide bonds. The van der Waals surface area contributed by atoms with Crippen molar-refractivity contribution in [3.8, 4) is 0 Å². The summed E-state index contributed by atoms with van der Waals surface area (Å²) < 4.78 is 0.662. The van der Waals surface area contributed by atoms with Crippen LogP contribution in [0.2, 0.25) is 0 Å². The summed E-state index contributed by atoms with van der Waals surface area (Å²) in [5.41, 5.74) is 7.83. The van der Waals surface area contributed by atoms with Crippen LogP contribution in [0.5, 0.6) is 0 Å². The van der Waals surface area contributed by atoms with E-state index in [-0.39, 0.29) is 24.3 Å². The van der Waals surface area contributed by atoms with Gasteiger partial charge in [0, 0.05) is 17.0 Å². The fraction of sp³-hybridized carbons (Fsp3) is 0.857. The first kappa shape index (κ1) is 23.5. The third kappa shape index (κ3) is 11.9. The van der Waals surface area contributed by atoms with Crippen molar-refractivity contribution in [1.29, 1.82) is 0 Å². The second-order valence-electron chi connectivity index (χ2n) is 5.77. The molecule has 4 atom stereocenters. The van der Waals surface area contributed by atoms with Gasteiger partial charge in [-0.1, -0.05) is 22.6 Å². The van der Waals surface area contributed by atoms with Gasteiger partial charge in [0.15, 0.2) is 0 Å². The number of amides is 2. The molecule has 10 heteroatoms. The van der Waals surface area contributed by atoms with Gasteiger partial charge in [0.25, 0.3) is 0 Å². The molecule has 0 spiro atoms. The Hall–Kier alpha value is -0.530. The Morgan fingerprint density at radius 1 is 1.17 bits per heavy atom. The van der Waals surface area contributed by atoms with E-state index in [4.69, 9.17) is 16.7 Å². The molecule has 0 aliphatic heterocycles. The summed E-state index contributed by atoms with van der Waals surface area (Å²) in [6, 6.07) is -0.835. The minimum Gasteiger partial charge on any atom is -0.393 e. The third-order valence-electron chi connectivity index (χ3n) is 3.29. The van der Waals surface area contributed by atoms with Crippen molar-refractivity contribution < 1.29 is 19.8 Å². The van der Waals surface area contributed by atoms with Crippen LogP contribution >= 0.6 is 22.6 Å². The van der Waals surface area contributed by atoms with Gasteiger partial charge < -0.3 is 26.6 Å². The predicted octanol–water partition coefficient (Wildman–Crippen LogP) is -1.54. The Balaban J connectivity index is 4.65. The quantitative estimate of drug-likeness (QED) is 0.0439. The minimum absolute atomic E-state index is 0.0615. The Bertz CT molecular complexity index is 371. The van der Waals surface area contributed by atoms with Gasteiger partial charge in [0.1, 0.15) is 12.3 Å². The molecule has 0 aromatic carbocycles. The number of aliphatic hydroxyl groups is 2. The largest absolute Gasteiger partial charge is 0.393 e. The highest BCUT2D eigenvalue weighted by Gasteiger charge is 2.23. The van der Waals surface area contributed by atoms with Gasteiger partial charge in [-0.2, -0.15) is 0 Å². The number of halogens is 1. The maximum atomic E-state index is 12.4. The number of rotatable bonds is 13. The summed E-state index contributed by atoms with van der Waals surface area (Å²) in [6.45, 7) is 2.03. The highest BCUT2D eigenvalue weighted by molar-refractivity contribution is 14.1. The molecule has 0 aliphatic carbocycles. The number of aliphatic hydroxyl groups excluding tert-OH is 2. The predicted molar refractivity (Wildman–Crippen MR) is 99.9 cm³/mol. The molecular formula is C14H30IN5O4. The van der Waals surface area contributed by atoms with Crippen molar-refractivity contribution in [1.82, 2.24) is 16.1 Å². The lowest BCUT2D eigenvalue weighted by Crippen LogP contribution is -2.50. The Morgan fingerprint density at radius 3 is 2.33 bits per heavy atom. The first-order valence-electron chi connectivity index (χ1n) is 8.01. The Kier molecular flexibility index (Phi) is 13.4. The number of carbonyl (C=O) groups is 2. The number of hydrogen-bond acceptors (Lipinski definition) is 7. The van der Waals surface area contributed by atoms with Gasteiger partial charge in [-0.25, -0.2) is 0 Å². The topological polar surface area (TPSA) is 163 Å². The number of carbonyl (C=O) groups excluding carboxylic acids is 2. The highest BCUT2D eigenvalue weighted by Crippen LogP contribution is 2.06. The van der Waals surface area contributed by atoms with Crippen LogP contribution in [0.1, 0.15) is 39.0 Å². The molecule has 1 unspecified atom stereocenters. The SMILES string of the molecule is C[C@@H](O)CC(=O)N[C@@H](CCCNN)C(=O)N[C@@H](CI)CCC(N)O. The van der Waals surface area contributed by atoms with Crippen molar-refractivity contribution >= 4 is 34.4 Å². The first-order valence-corrected chi connectivity index (χ1v) is 9.53. The zero-order chi connectivity index (χ0) is 18.5. The molecule has 0 radical (unpaired) electrons. The van der Waals surface area contributed by atoms with Crippen LogP contribution in [0.15, 0.2) is 0 Å². The number of alkyl halides is 1. The van der Waals surface area contributed by atoms with Crippen LogP contribution in [0, 0.1) is 0 Å². The van der Waals surface area contributed by atoms with Crippen molar-refractivity contribution in [3.05, 3.63) is 0 Å². The summed E-state index contributed by atoms with van der Waals surface area (Å²) in [4.78, 5) is 24.3. The van der Waals surface area contributed by atoms with E-state index in [0.29, 0.717) is 36.7 Å². The van der Waals surface area contributed by atoms with E-state index in [1.54, 1.807) is 0 Å². The fourth-order valence-corrected chi connectivity index (χ4v) is 2.72. The molecule has 9 N–H and O–H groups in total. The van der Waals surface area contributed by atoms with E-state index >= 15 is 0 Å². The average molecular weight is 459 g/mol. The summed E-state index contributed by atoms with van der Waals surface area (Å²) in [5.74, 6) is 4.55. The molecule has 0 saturated carbocycles. The minimum atomic E-state index is -0.912. The lowest BCUT2D eigenvalue weighted by Gasteiger charge is -2.23. The van der Waals surface area contributed by atoms with Gasteiger partial charge in [-0.05, 0) is 32.6 Å². The molecule has 0 aliphatic rings. The van der Waals surface area contributed by atoms with Crippen molar-refractivity contribution in [3.63, 3.8) is 0 Å². The Morgan fingerprint density at radius 2 is 1.83 bits per heavy atom. The molecule has 142 valence electrons. The maximum Gasteiger partial charge on any atom is 0.242 e. The van der Waals surface area contributed by atoms with Crippen LogP contribution in [-0.2, 0) is 9.59 Å². The van der Waals surface area contributed by atoms with E-state index < -0.39 is 18.4 Å². The lowest BCUT2D eigenvalue weighted by molar-refractivity contribution is -0.130. The molecule has 0 heterocycles. The number of nitrogens with one attached hydrogen (secondary N) is 3. The van der Waals surface area contributed by atoms with Crippen molar-refractivity contribution in [2.75, 3.05) is 11.0 Å².